The highest BCUT2D eigenvalue weighted by atomic mass is 15.2. The predicted octanol–water partition coefficient (Wildman–Crippen LogP) is 3.73. The van der Waals surface area contributed by atoms with E-state index in [4.69, 9.17) is 0 Å². The Hall–Kier alpha value is -2.95. The maximum absolute atomic E-state index is 4.64. The van der Waals surface area contributed by atoms with Crippen LogP contribution in [0.4, 0.5) is 11.8 Å². The zero-order valence-electron chi connectivity index (χ0n) is 13.3. The topological polar surface area (TPSA) is 62.7 Å². The van der Waals surface area contributed by atoms with Gasteiger partial charge in [-0.3, -0.25) is 4.98 Å². The molecule has 1 aliphatic carbocycles. The van der Waals surface area contributed by atoms with Crippen molar-refractivity contribution in [2.24, 2.45) is 0 Å². The summed E-state index contributed by atoms with van der Waals surface area (Å²) in [4.78, 5) is 13.4. The van der Waals surface area contributed by atoms with Crippen LogP contribution in [0.25, 0.3) is 11.3 Å². The van der Waals surface area contributed by atoms with Gasteiger partial charge in [0.1, 0.15) is 5.82 Å². The van der Waals surface area contributed by atoms with E-state index in [1.807, 2.05) is 42.6 Å². The first-order chi connectivity index (χ1) is 11.9. The van der Waals surface area contributed by atoms with Crippen LogP contribution in [-0.4, -0.2) is 21.0 Å². The number of hydrogen-bond acceptors (Lipinski definition) is 5. The molecule has 120 valence electrons. The van der Waals surface area contributed by atoms with E-state index < -0.39 is 0 Å². The Bertz CT molecular complexity index is 801. The van der Waals surface area contributed by atoms with Crippen LogP contribution in [0.3, 0.4) is 0 Å². The summed E-state index contributed by atoms with van der Waals surface area (Å²) in [7, 11) is 0. The Morgan fingerprint density at radius 1 is 1.00 bits per heavy atom. The number of nitrogens with one attached hydrogen (secondary N) is 2. The van der Waals surface area contributed by atoms with Crippen LogP contribution in [0.1, 0.15) is 18.4 Å². The number of hydrogen-bond donors (Lipinski definition) is 2. The van der Waals surface area contributed by atoms with Gasteiger partial charge in [-0.1, -0.05) is 30.3 Å². The second kappa shape index (κ2) is 6.66. The maximum atomic E-state index is 4.64. The van der Waals surface area contributed by atoms with Crippen molar-refractivity contribution >= 4 is 11.8 Å². The highest BCUT2D eigenvalue weighted by molar-refractivity contribution is 5.63. The molecule has 1 aliphatic rings. The van der Waals surface area contributed by atoms with E-state index in [-0.39, 0.29) is 0 Å². The average Bonchev–Trinajstić information content (AvgIpc) is 3.45. The highest BCUT2D eigenvalue weighted by Gasteiger charge is 2.22. The van der Waals surface area contributed by atoms with Crippen LogP contribution in [0.15, 0.2) is 60.9 Å². The quantitative estimate of drug-likeness (QED) is 0.725. The molecule has 0 unspecified atom stereocenters. The molecule has 24 heavy (non-hydrogen) atoms. The normalized spacial score (nSPS) is 13.5. The number of benzene rings is 1. The van der Waals surface area contributed by atoms with Gasteiger partial charge in [-0.15, -0.1) is 0 Å². The van der Waals surface area contributed by atoms with Gasteiger partial charge >= 0.3 is 0 Å². The largest absolute Gasteiger partial charge is 0.366 e. The summed E-state index contributed by atoms with van der Waals surface area (Å²) < 4.78 is 0. The summed E-state index contributed by atoms with van der Waals surface area (Å²) in [6.45, 7) is 0.729. The van der Waals surface area contributed by atoms with Crippen molar-refractivity contribution in [1.29, 1.82) is 0 Å². The number of nitrogens with zero attached hydrogens (tertiary/aromatic N) is 3. The Morgan fingerprint density at radius 2 is 1.88 bits per heavy atom. The lowest BCUT2D eigenvalue weighted by atomic mass is 10.2. The minimum absolute atomic E-state index is 0.510. The molecule has 2 aromatic heterocycles. The lowest BCUT2D eigenvalue weighted by Crippen LogP contribution is -2.09. The predicted molar refractivity (Wildman–Crippen MR) is 95.7 cm³/mol. The van der Waals surface area contributed by atoms with E-state index in [1.165, 1.54) is 18.4 Å². The molecular weight excluding hydrogens is 298 g/mol. The van der Waals surface area contributed by atoms with Gasteiger partial charge < -0.3 is 10.6 Å². The summed E-state index contributed by atoms with van der Waals surface area (Å²) >= 11 is 0. The first-order valence-electron chi connectivity index (χ1n) is 8.21. The third-order valence-electron chi connectivity index (χ3n) is 3.91. The maximum Gasteiger partial charge on any atom is 0.225 e. The van der Waals surface area contributed by atoms with Crippen molar-refractivity contribution in [3.63, 3.8) is 0 Å². The van der Waals surface area contributed by atoms with E-state index in [2.05, 4.69) is 37.7 Å². The molecule has 0 bridgehead atoms. The second-order valence-corrected chi connectivity index (χ2v) is 5.96. The van der Waals surface area contributed by atoms with Crippen molar-refractivity contribution in [1.82, 2.24) is 15.0 Å². The van der Waals surface area contributed by atoms with Gasteiger partial charge in [0.2, 0.25) is 5.95 Å². The number of anilines is 2. The van der Waals surface area contributed by atoms with Gasteiger partial charge in [0.05, 0.1) is 5.69 Å². The van der Waals surface area contributed by atoms with Crippen LogP contribution in [0.5, 0.6) is 0 Å². The molecule has 4 rings (SSSR count). The molecule has 5 heteroatoms. The molecule has 5 nitrogen and oxygen atoms in total. The molecule has 2 N–H and O–H groups in total. The molecule has 1 fully saturated rings. The monoisotopic (exact) mass is 317 g/mol. The van der Waals surface area contributed by atoms with Crippen molar-refractivity contribution < 1.29 is 0 Å². The summed E-state index contributed by atoms with van der Waals surface area (Å²) in [5.74, 6) is 1.49. The molecule has 0 saturated heterocycles. The average molecular weight is 317 g/mol. The van der Waals surface area contributed by atoms with E-state index in [9.17, 15) is 0 Å². The van der Waals surface area contributed by atoms with Gasteiger partial charge in [-0.25, -0.2) is 4.98 Å². The van der Waals surface area contributed by atoms with E-state index in [1.54, 1.807) is 6.20 Å². The SMILES string of the molecule is c1ccc(CNc2cc(-c3cccnc3)nc(NC3CC3)n2)cc1. The minimum atomic E-state index is 0.510. The summed E-state index contributed by atoms with van der Waals surface area (Å²) in [6, 6.07) is 16.7. The van der Waals surface area contributed by atoms with Crippen molar-refractivity contribution in [2.45, 2.75) is 25.4 Å². The van der Waals surface area contributed by atoms with Crippen molar-refractivity contribution in [3.8, 4) is 11.3 Å². The fourth-order valence-corrected chi connectivity index (χ4v) is 2.46. The zero-order chi connectivity index (χ0) is 16.2. The molecule has 0 amide bonds. The lowest BCUT2D eigenvalue weighted by Gasteiger charge is -2.11. The molecular formula is C19H19N5. The highest BCUT2D eigenvalue weighted by Crippen LogP contribution is 2.26. The standard InChI is InChI=1S/C19H19N5/c1-2-5-14(6-3-1)12-21-18-11-17(15-7-4-10-20-13-15)23-19(24-18)22-16-8-9-16/h1-7,10-11,13,16H,8-9,12H2,(H2,21,22,23,24). The molecule has 3 aromatic rings. The van der Waals surface area contributed by atoms with E-state index in [0.717, 1.165) is 23.6 Å². The molecule has 0 radical (unpaired) electrons. The Balaban J connectivity index is 1.59. The zero-order valence-corrected chi connectivity index (χ0v) is 13.3. The van der Waals surface area contributed by atoms with E-state index in [0.29, 0.717) is 12.0 Å². The Kier molecular flexibility index (Phi) is 4.06. The molecule has 0 aliphatic heterocycles. The van der Waals surface area contributed by atoms with Gasteiger partial charge in [-0.2, -0.15) is 4.98 Å². The van der Waals surface area contributed by atoms with Gasteiger partial charge in [-0.05, 0) is 30.5 Å². The van der Waals surface area contributed by atoms with Crippen LogP contribution < -0.4 is 10.6 Å². The van der Waals surface area contributed by atoms with Gasteiger partial charge in [0.15, 0.2) is 0 Å². The first-order valence-corrected chi connectivity index (χ1v) is 8.21. The fourth-order valence-electron chi connectivity index (χ4n) is 2.46. The third-order valence-corrected chi connectivity index (χ3v) is 3.91. The molecule has 0 atom stereocenters. The van der Waals surface area contributed by atoms with Crippen LogP contribution in [0, 0.1) is 0 Å². The van der Waals surface area contributed by atoms with Crippen LogP contribution in [-0.2, 0) is 6.54 Å². The number of pyridine rings is 1. The molecule has 0 spiro atoms. The summed E-state index contributed by atoms with van der Waals surface area (Å²) in [5, 5.41) is 6.78. The summed E-state index contributed by atoms with van der Waals surface area (Å²) in [5.41, 5.74) is 3.08. The molecule has 1 saturated carbocycles. The lowest BCUT2D eigenvalue weighted by molar-refractivity contribution is 1.03. The van der Waals surface area contributed by atoms with Crippen LogP contribution in [0.2, 0.25) is 0 Å². The Morgan fingerprint density at radius 3 is 2.62 bits per heavy atom. The fraction of sp³-hybridized carbons (Fsp3) is 0.211. The van der Waals surface area contributed by atoms with Crippen LogP contribution >= 0.6 is 0 Å². The van der Waals surface area contributed by atoms with Crippen molar-refractivity contribution in [2.75, 3.05) is 10.6 Å². The molecule has 1 aromatic carbocycles. The minimum Gasteiger partial charge on any atom is -0.366 e. The second-order valence-electron chi connectivity index (χ2n) is 5.96. The third kappa shape index (κ3) is 3.68. The van der Waals surface area contributed by atoms with E-state index >= 15 is 0 Å². The summed E-state index contributed by atoms with van der Waals surface area (Å²) in [6.07, 6.45) is 5.97. The first kappa shape index (κ1) is 14.6. The Labute approximate surface area is 141 Å². The smallest absolute Gasteiger partial charge is 0.225 e. The van der Waals surface area contributed by atoms with Crippen molar-refractivity contribution in [3.05, 3.63) is 66.5 Å². The number of aromatic nitrogens is 3. The van der Waals surface area contributed by atoms with Gasteiger partial charge in [0.25, 0.3) is 0 Å². The van der Waals surface area contributed by atoms with Gasteiger partial charge in [0, 0.05) is 36.6 Å². The molecule has 2 heterocycles. The number of rotatable bonds is 6.